The van der Waals surface area contributed by atoms with E-state index in [-0.39, 0.29) is 35.5 Å². The summed E-state index contributed by atoms with van der Waals surface area (Å²) >= 11 is 6.53. The molecule has 0 fully saturated rings. The average Bonchev–Trinajstić information content (AvgIpc) is 3.03. The summed E-state index contributed by atoms with van der Waals surface area (Å²) in [5, 5.41) is 3.40. The Hall–Kier alpha value is -4.21. The van der Waals surface area contributed by atoms with E-state index < -0.39 is 34.3 Å². The molecule has 4 aromatic rings. The molecule has 4 rings (SSSR count). The van der Waals surface area contributed by atoms with Crippen molar-refractivity contribution in [3.63, 3.8) is 0 Å². The number of nitrogens with zero attached hydrogens (tertiary/aromatic N) is 2. The lowest BCUT2D eigenvalue weighted by Gasteiger charge is -2.34. The summed E-state index contributed by atoms with van der Waals surface area (Å²) in [6.45, 7) is 4.96. The number of benzene rings is 4. The van der Waals surface area contributed by atoms with Crippen molar-refractivity contribution in [3.8, 4) is 0 Å². The number of hydrogen-bond acceptors (Lipinski definition) is 4. The van der Waals surface area contributed by atoms with E-state index in [9.17, 15) is 22.4 Å². The fraction of sp³-hybridized carbons (Fsp3) is 0.257. The predicted molar refractivity (Wildman–Crippen MR) is 176 cm³/mol. The summed E-state index contributed by atoms with van der Waals surface area (Å²) in [4.78, 5) is 29.7. The average molecular weight is 650 g/mol. The van der Waals surface area contributed by atoms with Gasteiger partial charge in [0.2, 0.25) is 11.8 Å². The smallest absolute Gasteiger partial charge is 0.264 e. The highest BCUT2D eigenvalue weighted by Crippen LogP contribution is 2.26. The van der Waals surface area contributed by atoms with Crippen LogP contribution in [0.4, 0.5) is 10.1 Å². The molecule has 1 N–H and O–H groups in total. The molecule has 0 heterocycles. The zero-order chi connectivity index (χ0) is 32.6. The summed E-state index contributed by atoms with van der Waals surface area (Å²) in [5.41, 5.74) is 2.38. The lowest BCUT2D eigenvalue weighted by atomic mass is 10.0. The van der Waals surface area contributed by atoms with Gasteiger partial charge in [-0.3, -0.25) is 13.9 Å². The Morgan fingerprint density at radius 2 is 1.51 bits per heavy atom. The molecule has 236 valence electrons. The van der Waals surface area contributed by atoms with E-state index in [1.807, 2.05) is 51.1 Å². The first-order valence-electron chi connectivity index (χ1n) is 14.7. The SMILES string of the molecule is CC[C@@H](C)NC(=O)[C@@H](Cc1ccccc1)N(Cc1ccccc1Cl)C(=O)CN(c1ccc(F)cc1)S(=O)(=O)c1ccc(C)cc1. The Bertz CT molecular complexity index is 1700. The topological polar surface area (TPSA) is 86.8 Å². The van der Waals surface area contributed by atoms with Crippen LogP contribution >= 0.6 is 11.6 Å². The Morgan fingerprint density at radius 1 is 0.889 bits per heavy atom. The third kappa shape index (κ3) is 8.71. The quantitative estimate of drug-likeness (QED) is 0.178. The lowest BCUT2D eigenvalue weighted by molar-refractivity contribution is -0.140. The first-order valence-corrected chi connectivity index (χ1v) is 16.5. The molecule has 0 aromatic heterocycles. The van der Waals surface area contributed by atoms with Gasteiger partial charge in [0.05, 0.1) is 10.6 Å². The van der Waals surface area contributed by atoms with E-state index in [0.717, 1.165) is 27.6 Å². The molecule has 0 saturated carbocycles. The monoisotopic (exact) mass is 649 g/mol. The molecule has 45 heavy (non-hydrogen) atoms. The molecular formula is C35H37ClFN3O4S. The van der Waals surface area contributed by atoms with Crippen molar-refractivity contribution in [2.45, 2.75) is 57.1 Å². The summed E-state index contributed by atoms with van der Waals surface area (Å²) in [6, 6.07) is 26.3. The van der Waals surface area contributed by atoms with Gasteiger partial charge in [-0.2, -0.15) is 0 Å². The molecule has 2 atom stereocenters. The predicted octanol–water partition coefficient (Wildman–Crippen LogP) is 6.54. The molecule has 0 bridgehead atoms. The molecule has 0 aliphatic heterocycles. The van der Waals surface area contributed by atoms with E-state index in [2.05, 4.69) is 5.32 Å². The van der Waals surface area contributed by atoms with Gasteiger partial charge in [0.15, 0.2) is 0 Å². The minimum absolute atomic E-state index is 0.0294. The normalized spacial score (nSPS) is 12.6. The first-order chi connectivity index (χ1) is 21.5. The zero-order valence-electron chi connectivity index (χ0n) is 25.5. The Morgan fingerprint density at radius 3 is 2.13 bits per heavy atom. The van der Waals surface area contributed by atoms with Crippen molar-refractivity contribution in [2.75, 3.05) is 10.8 Å². The molecule has 7 nitrogen and oxygen atoms in total. The molecule has 0 spiro atoms. The fourth-order valence-electron chi connectivity index (χ4n) is 4.78. The summed E-state index contributed by atoms with van der Waals surface area (Å²) in [5.74, 6) is -1.55. The van der Waals surface area contributed by atoms with E-state index in [4.69, 9.17) is 11.6 Å². The van der Waals surface area contributed by atoms with Gasteiger partial charge in [-0.05, 0) is 73.9 Å². The van der Waals surface area contributed by atoms with Crippen molar-refractivity contribution in [1.82, 2.24) is 10.2 Å². The highest BCUT2D eigenvalue weighted by atomic mass is 35.5. The van der Waals surface area contributed by atoms with Crippen LogP contribution in [0.3, 0.4) is 0 Å². The molecule has 0 unspecified atom stereocenters. The zero-order valence-corrected chi connectivity index (χ0v) is 27.1. The van der Waals surface area contributed by atoms with Gasteiger partial charge in [0, 0.05) is 24.0 Å². The number of anilines is 1. The van der Waals surface area contributed by atoms with E-state index in [1.54, 1.807) is 36.4 Å². The number of halogens is 2. The minimum atomic E-state index is -4.28. The highest BCUT2D eigenvalue weighted by Gasteiger charge is 2.35. The Labute approximate surface area is 269 Å². The second-order valence-corrected chi connectivity index (χ2v) is 13.2. The number of aryl methyl sites for hydroxylation is 1. The van der Waals surface area contributed by atoms with Gasteiger partial charge in [-0.1, -0.05) is 84.8 Å². The van der Waals surface area contributed by atoms with Crippen LogP contribution in [0.1, 0.15) is 37.0 Å². The maximum Gasteiger partial charge on any atom is 0.264 e. The second-order valence-electron chi connectivity index (χ2n) is 10.9. The van der Waals surface area contributed by atoms with E-state index >= 15 is 0 Å². The number of hydrogen-bond donors (Lipinski definition) is 1. The maximum atomic E-state index is 14.5. The van der Waals surface area contributed by atoms with Crippen LogP contribution in [0.2, 0.25) is 5.02 Å². The standard InChI is InChI=1S/C35H37ClFN3O4S/c1-4-26(3)38-35(42)33(22-27-10-6-5-7-11-27)39(23-28-12-8-9-13-32(28)36)34(41)24-40(30-18-16-29(37)17-19-30)45(43,44)31-20-14-25(2)15-21-31/h5-21,26,33H,4,22-24H2,1-3H3,(H,38,42)/t26-,33-/m1/s1. The van der Waals surface area contributed by atoms with Gasteiger partial charge in [0.1, 0.15) is 18.4 Å². The molecule has 0 aliphatic carbocycles. The molecule has 2 amide bonds. The number of carbonyl (C=O) groups is 2. The van der Waals surface area contributed by atoms with E-state index in [0.29, 0.717) is 17.0 Å². The third-order valence-electron chi connectivity index (χ3n) is 7.57. The molecule has 10 heteroatoms. The summed E-state index contributed by atoms with van der Waals surface area (Å²) < 4.78 is 42.9. The van der Waals surface area contributed by atoms with Crippen LogP contribution in [0.5, 0.6) is 0 Å². The van der Waals surface area contributed by atoms with Gasteiger partial charge >= 0.3 is 0 Å². The van der Waals surface area contributed by atoms with Gasteiger partial charge in [-0.15, -0.1) is 0 Å². The van der Waals surface area contributed by atoms with Crippen LogP contribution < -0.4 is 9.62 Å². The van der Waals surface area contributed by atoms with Gasteiger partial charge < -0.3 is 10.2 Å². The first kappa shape index (κ1) is 33.7. The number of nitrogens with one attached hydrogen (secondary N) is 1. The minimum Gasteiger partial charge on any atom is -0.352 e. The largest absolute Gasteiger partial charge is 0.352 e. The van der Waals surface area contributed by atoms with Crippen molar-refractivity contribution < 1.29 is 22.4 Å². The van der Waals surface area contributed by atoms with Crippen LogP contribution in [0, 0.1) is 12.7 Å². The van der Waals surface area contributed by atoms with Crippen LogP contribution in [-0.4, -0.2) is 43.8 Å². The van der Waals surface area contributed by atoms with Crippen LogP contribution in [0.15, 0.2) is 108 Å². The lowest BCUT2D eigenvalue weighted by Crippen LogP contribution is -2.54. The number of amides is 2. The summed E-state index contributed by atoms with van der Waals surface area (Å²) in [7, 11) is -4.28. The van der Waals surface area contributed by atoms with Crippen molar-refractivity contribution in [3.05, 3.63) is 131 Å². The molecular weight excluding hydrogens is 613 g/mol. The third-order valence-corrected chi connectivity index (χ3v) is 9.73. The van der Waals surface area contributed by atoms with Crippen LogP contribution in [-0.2, 0) is 32.6 Å². The molecule has 0 aliphatic rings. The molecule has 0 radical (unpaired) electrons. The number of rotatable bonds is 13. The Balaban J connectivity index is 1.81. The molecule has 4 aromatic carbocycles. The van der Waals surface area contributed by atoms with Crippen molar-refractivity contribution >= 4 is 39.1 Å². The number of carbonyl (C=O) groups excluding carboxylic acids is 2. The maximum absolute atomic E-state index is 14.5. The Kier molecular flexibility index (Phi) is 11.4. The van der Waals surface area contributed by atoms with Gasteiger partial charge in [-0.25, -0.2) is 12.8 Å². The van der Waals surface area contributed by atoms with E-state index in [1.165, 1.54) is 29.2 Å². The second kappa shape index (κ2) is 15.2. The fourth-order valence-corrected chi connectivity index (χ4v) is 6.39. The molecule has 0 saturated heterocycles. The summed E-state index contributed by atoms with van der Waals surface area (Å²) in [6.07, 6.45) is 0.857. The van der Waals surface area contributed by atoms with Gasteiger partial charge in [0.25, 0.3) is 10.0 Å². The van der Waals surface area contributed by atoms with Crippen molar-refractivity contribution in [1.29, 1.82) is 0 Å². The van der Waals surface area contributed by atoms with Crippen molar-refractivity contribution in [2.24, 2.45) is 0 Å². The number of sulfonamides is 1. The highest BCUT2D eigenvalue weighted by molar-refractivity contribution is 7.92. The van der Waals surface area contributed by atoms with Crippen LogP contribution in [0.25, 0.3) is 0 Å².